The van der Waals surface area contributed by atoms with Crippen LogP contribution in [0.4, 0.5) is 0 Å². The fourth-order valence-electron chi connectivity index (χ4n) is 3.17. The summed E-state index contributed by atoms with van der Waals surface area (Å²) in [5.41, 5.74) is 1.69. The fourth-order valence-corrected chi connectivity index (χ4v) is 3.17. The summed E-state index contributed by atoms with van der Waals surface area (Å²) in [5, 5.41) is 3.59. The van der Waals surface area contributed by atoms with Gasteiger partial charge in [-0.1, -0.05) is 26.8 Å². The Kier molecular flexibility index (Phi) is 4.12. The highest BCUT2D eigenvalue weighted by atomic mass is 16.5. The summed E-state index contributed by atoms with van der Waals surface area (Å²) in [4.78, 5) is 0. The van der Waals surface area contributed by atoms with E-state index in [9.17, 15) is 0 Å². The third-order valence-corrected chi connectivity index (χ3v) is 4.76. The molecule has 1 heterocycles. The molecule has 1 aromatic carbocycles. The van der Waals surface area contributed by atoms with E-state index < -0.39 is 0 Å². The quantitative estimate of drug-likeness (QED) is 0.901. The first-order valence-electron chi connectivity index (χ1n) is 8.20. The topological polar surface area (TPSA) is 30.5 Å². The van der Waals surface area contributed by atoms with Crippen molar-refractivity contribution >= 4 is 0 Å². The average Bonchev–Trinajstić information content (AvgIpc) is 3.16. The first kappa shape index (κ1) is 14.7. The standard InChI is InChI=1S/C18H27NO2/c1-13(2)11-19-12-15-10-18(15,3)14-5-6-16-17(9-14)21-8-4-7-20-16/h5-6,9,13,15,19H,4,7-8,10-12H2,1-3H3. The van der Waals surface area contributed by atoms with Gasteiger partial charge in [-0.3, -0.25) is 0 Å². The Labute approximate surface area is 128 Å². The van der Waals surface area contributed by atoms with Gasteiger partial charge in [-0.15, -0.1) is 0 Å². The van der Waals surface area contributed by atoms with Crippen molar-refractivity contribution < 1.29 is 9.47 Å². The zero-order chi connectivity index (χ0) is 14.9. The summed E-state index contributed by atoms with van der Waals surface area (Å²) >= 11 is 0. The molecule has 1 N–H and O–H groups in total. The highest BCUT2D eigenvalue weighted by Gasteiger charge is 2.50. The number of benzene rings is 1. The number of rotatable bonds is 5. The molecule has 1 saturated carbocycles. The molecule has 0 saturated heterocycles. The number of fused-ring (bicyclic) bond motifs is 1. The zero-order valence-electron chi connectivity index (χ0n) is 13.4. The van der Waals surface area contributed by atoms with Crippen LogP contribution in [0.15, 0.2) is 18.2 Å². The summed E-state index contributed by atoms with van der Waals surface area (Å²) < 4.78 is 11.5. The molecule has 2 aliphatic rings. The molecule has 21 heavy (non-hydrogen) atoms. The maximum absolute atomic E-state index is 5.82. The van der Waals surface area contributed by atoms with Crippen molar-refractivity contribution in [2.75, 3.05) is 26.3 Å². The average molecular weight is 289 g/mol. The van der Waals surface area contributed by atoms with Crippen molar-refractivity contribution in [1.29, 1.82) is 0 Å². The summed E-state index contributed by atoms with van der Waals surface area (Å²) in [6.07, 6.45) is 2.22. The zero-order valence-corrected chi connectivity index (χ0v) is 13.4. The number of ether oxygens (including phenoxy) is 2. The van der Waals surface area contributed by atoms with Gasteiger partial charge >= 0.3 is 0 Å². The maximum Gasteiger partial charge on any atom is 0.161 e. The van der Waals surface area contributed by atoms with Gasteiger partial charge in [-0.25, -0.2) is 0 Å². The van der Waals surface area contributed by atoms with Gasteiger partial charge in [0.05, 0.1) is 13.2 Å². The monoisotopic (exact) mass is 289 g/mol. The van der Waals surface area contributed by atoms with Gasteiger partial charge in [0.15, 0.2) is 11.5 Å². The van der Waals surface area contributed by atoms with Gasteiger partial charge in [-0.05, 0) is 54.5 Å². The van der Waals surface area contributed by atoms with Crippen molar-refractivity contribution in [2.45, 2.75) is 39.0 Å². The molecule has 3 rings (SSSR count). The summed E-state index contributed by atoms with van der Waals surface area (Å²) in [5.74, 6) is 3.27. The van der Waals surface area contributed by atoms with E-state index in [4.69, 9.17) is 9.47 Å². The predicted molar refractivity (Wildman–Crippen MR) is 85.2 cm³/mol. The normalized spacial score (nSPS) is 27.5. The minimum Gasteiger partial charge on any atom is -0.490 e. The summed E-state index contributed by atoms with van der Waals surface area (Å²) in [6, 6.07) is 6.50. The van der Waals surface area contributed by atoms with Gasteiger partial charge < -0.3 is 14.8 Å². The lowest BCUT2D eigenvalue weighted by atomic mass is 9.95. The maximum atomic E-state index is 5.82. The van der Waals surface area contributed by atoms with E-state index in [1.165, 1.54) is 12.0 Å². The molecule has 3 nitrogen and oxygen atoms in total. The van der Waals surface area contributed by atoms with E-state index in [0.29, 0.717) is 11.3 Å². The van der Waals surface area contributed by atoms with Crippen molar-refractivity contribution in [3.05, 3.63) is 23.8 Å². The molecule has 0 bridgehead atoms. The Bertz CT molecular complexity index is 500. The van der Waals surface area contributed by atoms with Crippen LogP contribution in [0.5, 0.6) is 11.5 Å². The first-order valence-corrected chi connectivity index (χ1v) is 8.20. The molecule has 0 radical (unpaired) electrons. The fraction of sp³-hybridized carbons (Fsp3) is 0.667. The van der Waals surface area contributed by atoms with Gasteiger partial charge in [0.25, 0.3) is 0 Å². The summed E-state index contributed by atoms with van der Waals surface area (Å²) in [6.45, 7) is 10.6. The second kappa shape index (κ2) is 5.88. The third kappa shape index (κ3) is 3.18. The van der Waals surface area contributed by atoms with Crippen molar-refractivity contribution in [3.63, 3.8) is 0 Å². The predicted octanol–water partition coefficient (Wildman–Crippen LogP) is 3.37. The number of nitrogens with one attached hydrogen (secondary N) is 1. The van der Waals surface area contributed by atoms with Crippen LogP contribution in [-0.4, -0.2) is 26.3 Å². The van der Waals surface area contributed by atoms with Crippen LogP contribution in [0, 0.1) is 11.8 Å². The molecule has 0 spiro atoms. The van der Waals surface area contributed by atoms with Gasteiger partial charge in [0, 0.05) is 6.42 Å². The second-order valence-corrected chi connectivity index (χ2v) is 7.08. The van der Waals surface area contributed by atoms with Crippen molar-refractivity contribution in [2.24, 2.45) is 11.8 Å². The van der Waals surface area contributed by atoms with Crippen molar-refractivity contribution in [1.82, 2.24) is 5.32 Å². The third-order valence-electron chi connectivity index (χ3n) is 4.76. The Hall–Kier alpha value is -1.22. The van der Waals surface area contributed by atoms with Gasteiger partial charge in [0.1, 0.15) is 0 Å². The molecule has 116 valence electrons. The van der Waals surface area contributed by atoms with Crippen LogP contribution in [0.3, 0.4) is 0 Å². The lowest BCUT2D eigenvalue weighted by molar-refractivity contribution is 0.297. The van der Waals surface area contributed by atoms with E-state index in [2.05, 4.69) is 44.3 Å². The molecule has 0 aromatic heterocycles. The van der Waals surface area contributed by atoms with E-state index in [1.54, 1.807) is 0 Å². The lowest BCUT2D eigenvalue weighted by Crippen LogP contribution is -2.24. The SMILES string of the molecule is CC(C)CNCC1CC1(C)c1ccc2c(c1)OCCCO2. The Morgan fingerprint density at radius 2 is 2.00 bits per heavy atom. The first-order chi connectivity index (χ1) is 10.1. The minimum absolute atomic E-state index is 0.300. The Morgan fingerprint density at radius 1 is 1.24 bits per heavy atom. The van der Waals surface area contributed by atoms with Crippen LogP contribution >= 0.6 is 0 Å². The molecule has 3 heteroatoms. The highest BCUT2D eigenvalue weighted by Crippen LogP contribution is 2.54. The molecule has 1 fully saturated rings. The van der Waals surface area contributed by atoms with Gasteiger partial charge in [-0.2, -0.15) is 0 Å². The molecule has 2 atom stereocenters. The number of hydrogen-bond donors (Lipinski definition) is 1. The molecule has 0 amide bonds. The van der Waals surface area contributed by atoms with Crippen LogP contribution < -0.4 is 14.8 Å². The smallest absolute Gasteiger partial charge is 0.161 e. The Balaban J connectivity index is 1.66. The lowest BCUT2D eigenvalue weighted by Gasteiger charge is -2.16. The highest BCUT2D eigenvalue weighted by molar-refractivity contribution is 5.47. The van der Waals surface area contributed by atoms with E-state index in [0.717, 1.165) is 50.1 Å². The molecule has 1 aliphatic carbocycles. The van der Waals surface area contributed by atoms with Crippen LogP contribution in [0.2, 0.25) is 0 Å². The van der Waals surface area contributed by atoms with E-state index >= 15 is 0 Å². The number of hydrogen-bond acceptors (Lipinski definition) is 3. The van der Waals surface area contributed by atoms with Crippen LogP contribution in [0.25, 0.3) is 0 Å². The van der Waals surface area contributed by atoms with E-state index in [1.807, 2.05) is 0 Å². The minimum atomic E-state index is 0.300. The van der Waals surface area contributed by atoms with Crippen molar-refractivity contribution in [3.8, 4) is 11.5 Å². The molecule has 1 aliphatic heterocycles. The molecular weight excluding hydrogens is 262 g/mol. The van der Waals surface area contributed by atoms with Crippen LogP contribution in [0.1, 0.15) is 39.2 Å². The van der Waals surface area contributed by atoms with Crippen LogP contribution in [-0.2, 0) is 5.41 Å². The summed E-state index contributed by atoms with van der Waals surface area (Å²) in [7, 11) is 0. The van der Waals surface area contributed by atoms with E-state index in [-0.39, 0.29) is 0 Å². The molecule has 2 unspecified atom stereocenters. The van der Waals surface area contributed by atoms with Gasteiger partial charge in [0.2, 0.25) is 0 Å². The second-order valence-electron chi connectivity index (χ2n) is 7.08. The molecule has 1 aromatic rings. The largest absolute Gasteiger partial charge is 0.490 e. The Morgan fingerprint density at radius 3 is 2.76 bits per heavy atom. The molecular formula is C18H27NO2.